The van der Waals surface area contributed by atoms with E-state index in [2.05, 4.69) is 6.92 Å². The summed E-state index contributed by atoms with van der Waals surface area (Å²) in [6.07, 6.45) is 5.98. The van der Waals surface area contributed by atoms with E-state index in [1.54, 1.807) is 0 Å². The Kier molecular flexibility index (Phi) is 4.26. The van der Waals surface area contributed by atoms with Crippen LogP contribution in [-0.4, -0.2) is 48.1 Å². The topological polar surface area (TPSA) is 49.6 Å². The number of piperidine rings is 1. The lowest BCUT2D eigenvalue weighted by atomic mass is 9.91. The van der Waals surface area contributed by atoms with Gasteiger partial charge in [0.1, 0.15) is 0 Å². The zero-order valence-corrected chi connectivity index (χ0v) is 10.9. The van der Waals surface area contributed by atoms with Crippen molar-refractivity contribution in [3.8, 4) is 0 Å². The predicted molar refractivity (Wildman–Crippen MR) is 68.8 cm³/mol. The van der Waals surface area contributed by atoms with E-state index in [0.717, 1.165) is 32.4 Å². The van der Waals surface area contributed by atoms with Gasteiger partial charge in [0.2, 0.25) is 0 Å². The van der Waals surface area contributed by atoms with Crippen molar-refractivity contribution < 1.29 is 4.79 Å². The lowest BCUT2D eigenvalue weighted by Gasteiger charge is -2.42. The minimum atomic E-state index is 0.228. The van der Waals surface area contributed by atoms with E-state index in [1.807, 2.05) is 9.80 Å². The molecule has 0 aromatic heterocycles. The molecule has 0 radical (unpaired) electrons. The van der Waals surface area contributed by atoms with Gasteiger partial charge in [0.05, 0.1) is 0 Å². The van der Waals surface area contributed by atoms with Crippen LogP contribution in [0.3, 0.4) is 0 Å². The maximum Gasteiger partial charge on any atom is 0.320 e. The second-order valence-corrected chi connectivity index (χ2v) is 5.54. The summed E-state index contributed by atoms with van der Waals surface area (Å²) in [5.74, 6) is 0.647. The Hall–Kier alpha value is -0.770. The van der Waals surface area contributed by atoms with Crippen molar-refractivity contribution in [2.45, 2.75) is 45.1 Å². The third-order valence-corrected chi connectivity index (χ3v) is 4.06. The molecule has 1 aliphatic heterocycles. The zero-order chi connectivity index (χ0) is 12.3. The highest BCUT2D eigenvalue weighted by molar-refractivity contribution is 5.75. The van der Waals surface area contributed by atoms with Crippen LogP contribution in [0.5, 0.6) is 0 Å². The molecule has 1 saturated carbocycles. The molecule has 1 atom stereocenters. The Morgan fingerprint density at radius 3 is 2.65 bits per heavy atom. The predicted octanol–water partition coefficient (Wildman–Crippen LogP) is 1.65. The number of hydrogen-bond donors (Lipinski definition) is 1. The average Bonchev–Trinajstić information content (AvgIpc) is 2.25. The molecule has 2 N–H and O–H groups in total. The summed E-state index contributed by atoms with van der Waals surface area (Å²) in [5, 5.41) is 0. The summed E-state index contributed by atoms with van der Waals surface area (Å²) < 4.78 is 0. The number of rotatable bonds is 3. The molecule has 1 aliphatic carbocycles. The SMILES string of the molecule is CC1CCCN(C(=O)N(CCN)C2CCC2)C1. The fourth-order valence-corrected chi connectivity index (χ4v) is 2.82. The molecule has 0 bridgehead atoms. The summed E-state index contributed by atoms with van der Waals surface area (Å²) in [6, 6.07) is 0.690. The first kappa shape index (κ1) is 12.7. The van der Waals surface area contributed by atoms with E-state index in [9.17, 15) is 4.79 Å². The Morgan fingerprint density at radius 1 is 1.35 bits per heavy atom. The summed E-state index contributed by atoms with van der Waals surface area (Å²) in [7, 11) is 0. The largest absolute Gasteiger partial charge is 0.329 e. The second kappa shape index (κ2) is 5.71. The number of carbonyl (C=O) groups excluding carboxylic acids is 1. The molecule has 2 fully saturated rings. The lowest BCUT2D eigenvalue weighted by molar-refractivity contribution is 0.0943. The van der Waals surface area contributed by atoms with Crippen molar-refractivity contribution in [2.75, 3.05) is 26.2 Å². The number of amides is 2. The van der Waals surface area contributed by atoms with Crippen LogP contribution in [0.1, 0.15) is 39.0 Å². The maximum absolute atomic E-state index is 12.5. The van der Waals surface area contributed by atoms with Crippen molar-refractivity contribution in [1.82, 2.24) is 9.80 Å². The van der Waals surface area contributed by atoms with E-state index >= 15 is 0 Å². The van der Waals surface area contributed by atoms with Crippen LogP contribution in [0.4, 0.5) is 4.79 Å². The first-order chi connectivity index (χ1) is 8.22. The number of urea groups is 1. The van der Waals surface area contributed by atoms with Crippen LogP contribution >= 0.6 is 0 Å². The minimum absolute atomic E-state index is 0.228. The zero-order valence-electron chi connectivity index (χ0n) is 10.9. The first-order valence-electron chi connectivity index (χ1n) is 6.98. The molecule has 4 heteroatoms. The van der Waals surface area contributed by atoms with E-state index in [0.29, 0.717) is 25.0 Å². The highest BCUT2D eigenvalue weighted by atomic mass is 16.2. The van der Waals surface area contributed by atoms with Gasteiger partial charge in [-0.1, -0.05) is 6.92 Å². The standard InChI is InChI=1S/C13H25N3O/c1-11-4-3-8-15(10-11)13(17)16(9-7-14)12-5-2-6-12/h11-12H,2-10,14H2,1H3. The molecule has 4 nitrogen and oxygen atoms in total. The molecular formula is C13H25N3O. The van der Waals surface area contributed by atoms with Crippen LogP contribution in [-0.2, 0) is 0 Å². The van der Waals surface area contributed by atoms with Crippen LogP contribution in [0.15, 0.2) is 0 Å². The van der Waals surface area contributed by atoms with Crippen molar-refractivity contribution >= 4 is 6.03 Å². The van der Waals surface area contributed by atoms with Crippen LogP contribution in [0, 0.1) is 5.92 Å². The van der Waals surface area contributed by atoms with Crippen LogP contribution in [0.2, 0.25) is 0 Å². The Balaban J connectivity index is 1.94. The quantitative estimate of drug-likeness (QED) is 0.814. The molecule has 2 aliphatic rings. The normalized spacial score (nSPS) is 25.5. The number of carbonyl (C=O) groups is 1. The number of hydrogen-bond acceptors (Lipinski definition) is 2. The molecule has 98 valence electrons. The summed E-state index contributed by atoms with van der Waals surface area (Å²) in [5.41, 5.74) is 5.63. The highest BCUT2D eigenvalue weighted by Gasteiger charge is 2.32. The van der Waals surface area contributed by atoms with Gasteiger partial charge in [0.25, 0.3) is 0 Å². The van der Waals surface area contributed by atoms with Crippen molar-refractivity contribution in [1.29, 1.82) is 0 Å². The van der Waals surface area contributed by atoms with Crippen LogP contribution in [0.25, 0.3) is 0 Å². The van der Waals surface area contributed by atoms with Crippen molar-refractivity contribution in [3.63, 3.8) is 0 Å². The third kappa shape index (κ3) is 2.92. The van der Waals surface area contributed by atoms with Gasteiger partial charge in [0.15, 0.2) is 0 Å². The molecule has 0 aromatic carbocycles. The maximum atomic E-state index is 12.5. The monoisotopic (exact) mass is 239 g/mol. The molecule has 1 saturated heterocycles. The van der Waals surface area contributed by atoms with E-state index < -0.39 is 0 Å². The lowest BCUT2D eigenvalue weighted by Crippen LogP contribution is -2.54. The van der Waals surface area contributed by atoms with E-state index in [1.165, 1.54) is 12.8 Å². The molecule has 0 aromatic rings. The van der Waals surface area contributed by atoms with Crippen LogP contribution < -0.4 is 5.73 Å². The van der Waals surface area contributed by atoms with Gasteiger partial charge in [-0.25, -0.2) is 4.79 Å². The van der Waals surface area contributed by atoms with Gasteiger partial charge >= 0.3 is 6.03 Å². The van der Waals surface area contributed by atoms with E-state index in [4.69, 9.17) is 5.73 Å². The molecule has 2 amide bonds. The summed E-state index contributed by atoms with van der Waals surface area (Å²) >= 11 is 0. The number of nitrogens with two attached hydrogens (primary N) is 1. The Labute approximate surface area is 104 Å². The fraction of sp³-hybridized carbons (Fsp3) is 0.923. The van der Waals surface area contributed by atoms with Gasteiger partial charge in [-0.3, -0.25) is 0 Å². The van der Waals surface area contributed by atoms with Crippen molar-refractivity contribution in [3.05, 3.63) is 0 Å². The van der Waals surface area contributed by atoms with Gasteiger partial charge in [-0.15, -0.1) is 0 Å². The van der Waals surface area contributed by atoms with Gasteiger partial charge < -0.3 is 15.5 Å². The highest BCUT2D eigenvalue weighted by Crippen LogP contribution is 2.26. The molecule has 1 unspecified atom stereocenters. The molecule has 0 spiro atoms. The Morgan fingerprint density at radius 2 is 2.12 bits per heavy atom. The summed E-state index contributed by atoms with van der Waals surface area (Å²) in [6.45, 7) is 5.37. The molecule has 2 rings (SSSR count). The molecule has 1 heterocycles. The fourth-order valence-electron chi connectivity index (χ4n) is 2.82. The number of likely N-dealkylation sites (tertiary alicyclic amines) is 1. The van der Waals surface area contributed by atoms with Crippen molar-refractivity contribution in [2.24, 2.45) is 11.7 Å². The van der Waals surface area contributed by atoms with Gasteiger partial charge in [0, 0.05) is 32.2 Å². The first-order valence-corrected chi connectivity index (χ1v) is 6.98. The second-order valence-electron chi connectivity index (χ2n) is 5.54. The Bertz CT molecular complexity index is 265. The number of nitrogens with zero attached hydrogens (tertiary/aromatic N) is 2. The van der Waals surface area contributed by atoms with E-state index in [-0.39, 0.29) is 6.03 Å². The average molecular weight is 239 g/mol. The summed E-state index contributed by atoms with van der Waals surface area (Å²) in [4.78, 5) is 16.5. The third-order valence-electron chi connectivity index (χ3n) is 4.06. The molecular weight excluding hydrogens is 214 g/mol. The van der Waals surface area contributed by atoms with Gasteiger partial charge in [-0.2, -0.15) is 0 Å². The minimum Gasteiger partial charge on any atom is -0.329 e. The van der Waals surface area contributed by atoms with Gasteiger partial charge in [-0.05, 0) is 38.0 Å². The smallest absolute Gasteiger partial charge is 0.320 e. The molecule has 17 heavy (non-hydrogen) atoms.